The van der Waals surface area contributed by atoms with Crippen LogP contribution >= 0.6 is 23.2 Å². The number of ether oxygens (including phenoxy) is 1. The summed E-state index contributed by atoms with van der Waals surface area (Å²) in [5.74, 6) is 0.0242. The van der Waals surface area contributed by atoms with Gasteiger partial charge in [-0.2, -0.15) is 0 Å². The first kappa shape index (κ1) is 57.0. The molecular formula is C65H64Cl2N8O7. The number of aromatic nitrogens is 4. The maximum atomic E-state index is 13.5. The monoisotopic (exact) mass is 1140 g/mol. The molecule has 11 rings (SSSR count). The largest absolute Gasteiger partial charge is 0.442 e. The van der Waals surface area contributed by atoms with E-state index in [9.17, 15) is 29.1 Å². The fourth-order valence-corrected chi connectivity index (χ4v) is 11.2. The molecule has 17 heteroatoms. The third-order valence-corrected chi connectivity index (χ3v) is 15.2. The molecule has 2 N–H and O–H groups in total. The smallest absolute Gasteiger partial charge is 0.410 e. The number of halogens is 2. The van der Waals surface area contributed by atoms with E-state index in [0.29, 0.717) is 51.2 Å². The van der Waals surface area contributed by atoms with Crippen molar-refractivity contribution >= 4 is 52.9 Å². The second-order valence-electron chi connectivity index (χ2n) is 23.0. The average Bonchev–Trinajstić information content (AvgIpc) is 3.97. The van der Waals surface area contributed by atoms with E-state index in [4.69, 9.17) is 37.9 Å². The number of cyclic esters (lactones) is 1. The quantitative estimate of drug-likeness (QED) is 0.0887. The molecule has 0 radical (unpaired) electrons. The normalized spacial score (nSPS) is 16.2. The molecule has 0 spiro atoms. The van der Waals surface area contributed by atoms with Gasteiger partial charge in [-0.15, -0.1) is 0 Å². The van der Waals surface area contributed by atoms with E-state index in [1.807, 2.05) is 97.3 Å². The van der Waals surface area contributed by atoms with Gasteiger partial charge in [0.25, 0.3) is 23.6 Å². The summed E-state index contributed by atoms with van der Waals surface area (Å²) in [5, 5.41) is 15.7. The molecule has 2 aromatic heterocycles. The van der Waals surface area contributed by atoms with Crippen molar-refractivity contribution in [2.75, 3.05) is 26.2 Å². The molecule has 3 aliphatic heterocycles. The first-order chi connectivity index (χ1) is 39.2. The Labute approximate surface area is 487 Å². The molecule has 1 saturated heterocycles. The molecule has 3 aliphatic rings. The lowest BCUT2D eigenvalue weighted by Crippen LogP contribution is -2.44. The number of nitrogens with one attached hydrogen (secondary N) is 1. The number of carbonyl (C=O) groups excluding carboxylic acids is 5. The lowest BCUT2D eigenvalue weighted by atomic mass is 9.85. The number of aliphatic hydroxyl groups is 1. The van der Waals surface area contributed by atoms with E-state index < -0.39 is 29.8 Å². The average molecular weight is 1140 g/mol. The van der Waals surface area contributed by atoms with Gasteiger partial charge in [0.1, 0.15) is 17.8 Å². The summed E-state index contributed by atoms with van der Waals surface area (Å²) in [5.41, 5.74) is 6.33. The third kappa shape index (κ3) is 12.3. The van der Waals surface area contributed by atoms with Gasteiger partial charge >= 0.3 is 6.09 Å². The van der Waals surface area contributed by atoms with E-state index in [1.165, 1.54) is 4.90 Å². The zero-order valence-corrected chi connectivity index (χ0v) is 48.0. The summed E-state index contributed by atoms with van der Waals surface area (Å²) in [6, 6.07) is 48.2. The van der Waals surface area contributed by atoms with Crippen LogP contribution in [0.15, 0.2) is 170 Å². The highest BCUT2D eigenvalue weighted by Crippen LogP contribution is 2.42. The first-order valence-electron chi connectivity index (χ1n) is 27.2. The van der Waals surface area contributed by atoms with Crippen molar-refractivity contribution in [3.05, 3.63) is 225 Å². The highest BCUT2D eigenvalue weighted by Gasteiger charge is 2.47. The Balaban J connectivity index is 0.000000184. The molecule has 0 aliphatic carbocycles. The molecule has 15 nitrogen and oxygen atoms in total. The molecule has 8 aromatic rings. The Morgan fingerprint density at radius 1 is 0.573 bits per heavy atom. The van der Waals surface area contributed by atoms with Gasteiger partial charge in [-0.3, -0.25) is 33.9 Å². The SMILES string of the molecule is CC(C)(C)[C@@H](NCC(O)CN1C(=O)c2ccccc2C1=O)c1nc(-c2cccc(Cl)c2)cn1Cc1ccccc1.CC(C)(C)[C@H](c1nc(-c2cccc(Cl)c2)cn1Cc1ccccc1)N1CC(CN2C(=O)c3ccccc3C2=O)OC1=O. The highest BCUT2D eigenvalue weighted by molar-refractivity contribution is 6.31. The molecule has 0 bridgehead atoms. The lowest BCUT2D eigenvalue weighted by Gasteiger charge is -2.36. The van der Waals surface area contributed by atoms with Crippen LogP contribution < -0.4 is 5.32 Å². The molecule has 2 unspecified atom stereocenters. The van der Waals surface area contributed by atoms with Gasteiger partial charge in [0.2, 0.25) is 0 Å². The third-order valence-electron chi connectivity index (χ3n) is 14.7. The number of fused-ring (bicyclic) bond motifs is 2. The lowest BCUT2D eigenvalue weighted by molar-refractivity contribution is 0.0529. The van der Waals surface area contributed by atoms with E-state index in [0.717, 1.165) is 44.4 Å². The van der Waals surface area contributed by atoms with Gasteiger partial charge < -0.3 is 24.3 Å². The molecule has 6 aromatic carbocycles. The molecule has 5 heterocycles. The maximum Gasteiger partial charge on any atom is 0.410 e. The predicted molar refractivity (Wildman–Crippen MR) is 315 cm³/mol. The van der Waals surface area contributed by atoms with Crippen LogP contribution in [0.2, 0.25) is 10.0 Å². The first-order valence-corrected chi connectivity index (χ1v) is 28.0. The van der Waals surface area contributed by atoms with Gasteiger partial charge in [0.15, 0.2) is 0 Å². The molecule has 0 saturated carbocycles. The number of imidazole rings is 2. The molecule has 420 valence electrons. The van der Waals surface area contributed by atoms with Crippen LogP contribution in [0.1, 0.15) is 118 Å². The Bertz CT molecular complexity index is 3610. The van der Waals surface area contributed by atoms with E-state index in [1.54, 1.807) is 53.4 Å². The van der Waals surface area contributed by atoms with Crippen LogP contribution in [0.4, 0.5) is 4.79 Å². The van der Waals surface area contributed by atoms with Crippen molar-refractivity contribution in [2.45, 2.75) is 78.9 Å². The number of hydrogen-bond acceptors (Lipinski definition) is 10. The number of β-amino-alcohol motifs (C(OH)–C–C–N with tert-alkyl or cyclic N) is 1. The highest BCUT2D eigenvalue weighted by atomic mass is 35.5. The van der Waals surface area contributed by atoms with E-state index in [-0.39, 0.29) is 61.3 Å². The Morgan fingerprint density at radius 3 is 1.46 bits per heavy atom. The van der Waals surface area contributed by atoms with Crippen LogP contribution in [0, 0.1) is 10.8 Å². The van der Waals surface area contributed by atoms with Crippen molar-refractivity contribution in [2.24, 2.45) is 10.8 Å². The predicted octanol–water partition coefficient (Wildman–Crippen LogP) is 12.0. The van der Waals surface area contributed by atoms with Crippen LogP contribution in [-0.4, -0.2) is 107 Å². The summed E-state index contributed by atoms with van der Waals surface area (Å²) < 4.78 is 9.99. The number of carbonyl (C=O) groups is 5. The van der Waals surface area contributed by atoms with Gasteiger partial charge in [-0.05, 0) is 70.5 Å². The zero-order chi connectivity index (χ0) is 58.0. The van der Waals surface area contributed by atoms with Gasteiger partial charge in [-0.25, -0.2) is 14.8 Å². The van der Waals surface area contributed by atoms with Crippen molar-refractivity contribution in [1.29, 1.82) is 0 Å². The Hall–Kier alpha value is -8.21. The fourth-order valence-electron chi connectivity index (χ4n) is 10.9. The van der Waals surface area contributed by atoms with Crippen molar-refractivity contribution < 1.29 is 33.8 Å². The van der Waals surface area contributed by atoms with Crippen LogP contribution in [-0.2, 0) is 17.8 Å². The summed E-state index contributed by atoms with van der Waals surface area (Å²) in [6.45, 7) is 14.0. The minimum absolute atomic E-state index is 0.0162. The van der Waals surface area contributed by atoms with Gasteiger partial charge in [0.05, 0.1) is 71.5 Å². The topological polar surface area (TPSA) is 172 Å². The standard InChI is InChI=1S/C33H31ClN4O4.C32H33ClN4O3/c1-33(2,3)28(37-18-24(42-32(37)41)19-38-30(39)25-14-7-8-15-26(25)31(38)40)29-35-27(22-12-9-13-23(34)16-22)20-36(29)17-21-10-5-4-6-11-21;1-32(2,3)28(34-17-24(38)19-37-30(39)25-14-7-8-15-26(25)31(37)40)29-35-27(22-12-9-13-23(33)16-22)20-36(29)18-21-10-5-4-6-11-21/h4-16,20,24,28H,17-19H2,1-3H3;4-16,20,24,28,34,38H,17-19H2,1-3H3/t2*24?,28-/m00/s1. The number of hydrogen-bond donors (Lipinski definition) is 2. The minimum Gasteiger partial charge on any atom is -0.442 e. The summed E-state index contributed by atoms with van der Waals surface area (Å²) in [4.78, 5) is 79.1. The van der Waals surface area contributed by atoms with Gasteiger partial charge in [0, 0.05) is 53.2 Å². The molecule has 4 atom stereocenters. The van der Waals surface area contributed by atoms with Crippen LogP contribution in [0.5, 0.6) is 0 Å². The number of imide groups is 2. The Kier molecular flexibility index (Phi) is 16.5. The van der Waals surface area contributed by atoms with Crippen LogP contribution in [0.25, 0.3) is 22.5 Å². The van der Waals surface area contributed by atoms with Crippen molar-refractivity contribution in [3.8, 4) is 22.5 Å². The summed E-state index contributed by atoms with van der Waals surface area (Å²) in [6.07, 6.45) is 1.88. The number of aliphatic hydroxyl groups excluding tert-OH is 1. The van der Waals surface area contributed by atoms with Crippen LogP contribution in [0.3, 0.4) is 0 Å². The number of amides is 5. The molecular weight excluding hydrogens is 1080 g/mol. The second kappa shape index (κ2) is 23.7. The Morgan fingerprint density at radius 2 is 1.01 bits per heavy atom. The zero-order valence-electron chi connectivity index (χ0n) is 46.5. The summed E-state index contributed by atoms with van der Waals surface area (Å²) >= 11 is 12.6. The summed E-state index contributed by atoms with van der Waals surface area (Å²) in [7, 11) is 0. The maximum absolute atomic E-state index is 13.5. The number of benzene rings is 6. The number of nitrogens with zero attached hydrogens (tertiary/aromatic N) is 7. The minimum atomic E-state index is -0.961. The molecule has 5 amide bonds. The molecule has 82 heavy (non-hydrogen) atoms. The van der Waals surface area contributed by atoms with E-state index >= 15 is 0 Å². The van der Waals surface area contributed by atoms with Crippen molar-refractivity contribution in [1.82, 2.24) is 39.1 Å². The number of rotatable bonds is 16. The van der Waals surface area contributed by atoms with Gasteiger partial charge in [-0.1, -0.05) is 174 Å². The van der Waals surface area contributed by atoms with Crippen molar-refractivity contribution in [3.63, 3.8) is 0 Å². The fraction of sp³-hybridized carbons (Fsp3) is 0.277. The second-order valence-corrected chi connectivity index (χ2v) is 23.9. The molecule has 1 fully saturated rings. The van der Waals surface area contributed by atoms with E-state index in [2.05, 4.69) is 80.3 Å².